The summed E-state index contributed by atoms with van der Waals surface area (Å²) in [5.41, 5.74) is 0.474. The molecule has 0 spiro atoms. The summed E-state index contributed by atoms with van der Waals surface area (Å²) in [6.45, 7) is 0. The third kappa shape index (κ3) is 2.42. The molecule has 16 heavy (non-hydrogen) atoms. The Morgan fingerprint density at radius 3 is 3.19 bits per heavy atom. The lowest BCUT2D eigenvalue weighted by Crippen LogP contribution is -2.24. The van der Waals surface area contributed by atoms with Crippen LogP contribution in [-0.2, 0) is 10.5 Å². The molecular weight excluding hydrogens is 248 g/mol. The van der Waals surface area contributed by atoms with Gasteiger partial charge in [0.15, 0.2) is 0 Å². The number of aromatic nitrogens is 2. The molecule has 0 atom stereocenters. The van der Waals surface area contributed by atoms with E-state index >= 15 is 0 Å². The summed E-state index contributed by atoms with van der Waals surface area (Å²) in [7, 11) is 0. The molecule has 2 aromatic heterocycles. The maximum absolute atomic E-state index is 11.5. The van der Waals surface area contributed by atoms with E-state index in [9.17, 15) is 14.7 Å². The molecule has 0 aromatic carbocycles. The van der Waals surface area contributed by atoms with Crippen molar-refractivity contribution in [3.63, 3.8) is 0 Å². The van der Waals surface area contributed by atoms with E-state index in [0.29, 0.717) is 21.8 Å². The molecule has 0 unspecified atom stereocenters. The number of H-pyrrole nitrogens is 1. The number of aromatic amines is 1. The number of nitrogens with zero attached hydrogens (tertiary/aromatic N) is 1. The predicted molar refractivity (Wildman–Crippen MR) is 61.4 cm³/mol. The summed E-state index contributed by atoms with van der Waals surface area (Å²) in [4.78, 5) is 28.6. The number of nitrogens with one attached hydrogen (secondary N) is 1. The van der Waals surface area contributed by atoms with Crippen molar-refractivity contribution in [2.75, 3.05) is 5.75 Å². The summed E-state index contributed by atoms with van der Waals surface area (Å²) in [6, 6.07) is 1.77. The van der Waals surface area contributed by atoms with Crippen molar-refractivity contribution < 1.29 is 9.90 Å². The van der Waals surface area contributed by atoms with Crippen molar-refractivity contribution in [2.24, 2.45) is 0 Å². The number of carbonyl (C=O) groups excluding carboxylic acids is 1. The van der Waals surface area contributed by atoms with Crippen LogP contribution in [0.15, 0.2) is 16.2 Å². The van der Waals surface area contributed by atoms with E-state index in [4.69, 9.17) is 0 Å². The van der Waals surface area contributed by atoms with Gasteiger partial charge in [-0.25, -0.2) is 4.98 Å². The number of carboxylic acids is 1. The molecule has 0 bridgehead atoms. The number of carboxylic acid groups (broad SMARTS) is 1. The van der Waals surface area contributed by atoms with Crippen LogP contribution in [-0.4, -0.2) is 21.7 Å². The van der Waals surface area contributed by atoms with Crippen LogP contribution >= 0.6 is 23.1 Å². The Hall–Kier alpha value is -1.34. The number of carbonyl (C=O) groups is 1. The maximum atomic E-state index is 11.5. The number of thiophene rings is 1. The summed E-state index contributed by atoms with van der Waals surface area (Å²) < 4.78 is 0.591. The molecule has 2 rings (SSSR count). The molecule has 0 fully saturated rings. The van der Waals surface area contributed by atoms with Gasteiger partial charge in [-0.05, 0) is 11.4 Å². The van der Waals surface area contributed by atoms with Crippen molar-refractivity contribution in [1.82, 2.24) is 9.97 Å². The largest absolute Gasteiger partial charge is 0.549 e. The predicted octanol–water partition coefficient (Wildman–Crippen LogP) is -0.0323. The van der Waals surface area contributed by atoms with E-state index in [1.807, 2.05) is 0 Å². The van der Waals surface area contributed by atoms with E-state index in [0.717, 1.165) is 11.8 Å². The average Bonchev–Trinajstić information content (AvgIpc) is 2.65. The highest BCUT2D eigenvalue weighted by atomic mass is 32.2. The summed E-state index contributed by atoms with van der Waals surface area (Å²) >= 11 is 2.48. The first kappa shape index (κ1) is 11.2. The molecule has 0 amide bonds. The van der Waals surface area contributed by atoms with Crippen LogP contribution in [0.1, 0.15) is 5.82 Å². The Morgan fingerprint density at radius 2 is 2.44 bits per heavy atom. The minimum absolute atomic E-state index is 0.106. The molecule has 2 heterocycles. The third-order valence-corrected chi connectivity index (χ3v) is 3.64. The van der Waals surface area contributed by atoms with Gasteiger partial charge in [0.05, 0.1) is 17.2 Å². The lowest BCUT2D eigenvalue weighted by Gasteiger charge is -2.01. The quantitative estimate of drug-likeness (QED) is 0.829. The first-order valence-electron chi connectivity index (χ1n) is 4.41. The van der Waals surface area contributed by atoms with Crippen LogP contribution < -0.4 is 10.7 Å². The molecule has 0 radical (unpaired) electrons. The molecule has 2 aromatic rings. The molecule has 0 aliphatic rings. The summed E-state index contributed by atoms with van der Waals surface area (Å²) in [5.74, 6) is -0.383. The fourth-order valence-electron chi connectivity index (χ4n) is 1.22. The first-order valence-corrected chi connectivity index (χ1v) is 6.44. The second-order valence-corrected chi connectivity index (χ2v) is 4.91. The van der Waals surface area contributed by atoms with E-state index in [2.05, 4.69) is 9.97 Å². The normalized spacial score (nSPS) is 10.8. The Labute approximate surface area is 98.5 Å². The number of thioether (sulfide) groups is 1. The van der Waals surface area contributed by atoms with E-state index in [1.165, 1.54) is 11.3 Å². The van der Waals surface area contributed by atoms with Gasteiger partial charge in [-0.15, -0.1) is 23.1 Å². The standard InChI is InChI=1S/C9H8N2O3S2/c12-7(13)4-15-3-6-10-5-1-2-16-8(5)9(14)11-6/h1-2H,3-4H2,(H,12,13)(H,10,11,14)/p-1. The smallest absolute Gasteiger partial charge is 0.268 e. The number of hydrogen-bond acceptors (Lipinski definition) is 6. The van der Waals surface area contributed by atoms with Gasteiger partial charge >= 0.3 is 0 Å². The highest BCUT2D eigenvalue weighted by Gasteiger charge is 2.04. The lowest BCUT2D eigenvalue weighted by molar-refractivity contribution is -0.301. The fourth-order valence-corrected chi connectivity index (χ4v) is 2.55. The number of rotatable bonds is 4. The van der Waals surface area contributed by atoms with Gasteiger partial charge < -0.3 is 14.9 Å². The topological polar surface area (TPSA) is 85.9 Å². The first-order chi connectivity index (χ1) is 7.66. The second-order valence-electron chi connectivity index (χ2n) is 3.01. The molecule has 7 heteroatoms. The van der Waals surface area contributed by atoms with Crippen molar-refractivity contribution in [3.05, 3.63) is 27.6 Å². The van der Waals surface area contributed by atoms with Gasteiger partial charge in [0, 0.05) is 5.75 Å². The summed E-state index contributed by atoms with van der Waals surface area (Å²) in [6.07, 6.45) is 0. The van der Waals surface area contributed by atoms with Crippen LogP contribution in [0.2, 0.25) is 0 Å². The van der Waals surface area contributed by atoms with E-state index < -0.39 is 5.97 Å². The van der Waals surface area contributed by atoms with Crippen LogP contribution in [0.25, 0.3) is 10.2 Å². The highest BCUT2D eigenvalue weighted by molar-refractivity contribution is 7.99. The molecule has 1 N–H and O–H groups in total. The molecule has 5 nitrogen and oxygen atoms in total. The monoisotopic (exact) mass is 255 g/mol. The SMILES string of the molecule is O=C([O-])CSCc1nc2ccsc2c(=O)[nH]1. The average molecular weight is 255 g/mol. The van der Waals surface area contributed by atoms with Gasteiger partial charge in [-0.2, -0.15) is 0 Å². The fraction of sp³-hybridized carbons (Fsp3) is 0.222. The number of hydrogen-bond donors (Lipinski definition) is 1. The Morgan fingerprint density at radius 1 is 1.62 bits per heavy atom. The van der Waals surface area contributed by atoms with Crippen LogP contribution in [0.5, 0.6) is 0 Å². The minimum atomic E-state index is -1.12. The molecule has 0 saturated heterocycles. The van der Waals surface area contributed by atoms with Gasteiger partial charge in [-0.3, -0.25) is 4.79 Å². The Balaban J connectivity index is 2.18. The van der Waals surface area contributed by atoms with Gasteiger partial charge in [0.25, 0.3) is 5.56 Å². The molecule has 0 aliphatic carbocycles. The third-order valence-electron chi connectivity index (χ3n) is 1.82. The zero-order chi connectivity index (χ0) is 11.5. The molecule has 0 aliphatic heterocycles. The maximum Gasteiger partial charge on any atom is 0.268 e. The molecule has 84 valence electrons. The van der Waals surface area contributed by atoms with Gasteiger partial charge in [0.2, 0.25) is 0 Å². The van der Waals surface area contributed by atoms with Gasteiger partial charge in [-0.1, -0.05) is 0 Å². The summed E-state index contributed by atoms with van der Waals surface area (Å²) in [5, 5.41) is 12.0. The van der Waals surface area contributed by atoms with E-state index in [1.54, 1.807) is 11.4 Å². The van der Waals surface area contributed by atoms with Crippen molar-refractivity contribution in [1.29, 1.82) is 0 Å². The van der Waals surface area contributed by atoms with Crippen molar-refractivity contribution in [2.45, 2.75) is 5.75 Å². The lowest BCUT2D eigenvalue weighted by atomic mass is 10.4. The van der Waals surface area contributed by atoms with Gasteiger partial charge in [0.1, 0.15) is 10.5 Å². The van der Waals surface area contributed by atoms with Crippen LogP contribution in [0, 0.1) is 0 Å². The van der Waals surface area contributed by atoms with Crippen molar-refractivity contribution >= 4 is 39.3 Å². The molecule has 0 saturated carbocycles. The van der Waals surface area contributed by atoms with Crippen LogP contribution in [0.3, 0.4) is 0 Å². The Bertz CT molecular complexity index is 575. The zero-order valence-corrected chi connectivity index (χ0v) is 9.69. The highest BCUT2D eigenvalue weighted by Crippen LogP contribution is 2.15. The number of fused-ring (bicyclic) bond motifs is 1. The second kappa shape index (κ2) is 4.67. The van der Waals surface area contributed by atoms with Crippen molar-refractivity contribution in [3.8, 4) is 0 Å². The minimum Gasteiger partial charge on any atom is -0.549 e. The van der Waals surface area contributed by atoms with Crippen LogP contribution in [0.4, 0.5) is 0 Å². The molecular formula is C9H7N2O3S2-. The Kier molecular flexibility index (Phi) is 3.25. The van der Waals surface area contributed by atoms with E-state index in [-0.39, 0.29) is 11.3 Å². The zero-order valence-electron chi connectivity index (χ0n) is 8.06. The number of aliphatic carboxylic acids is 1.